The molecule has 1 N–H and O–H groups in total. The normalized spacial score (nSPS) is 15.9. The summed E-state index contributed by atoms with van der Waals surface area (Å²) in [7, 11) is -3.38. The Morgan fingerprint density at radius 3 is 2.67 bits per heavy atom. The number of tetrazole rings is 1. The summed E-state index contributed by atoms with van der Waals surface area (Å²) in [5.74, 6) is 0.560. The van der Waals surface area contributed by atoms with Gasteiger partial charge in [0.05, 0.1) is 19.0 Å². The minimum Gasteiger partial charge on any atom is -0.379 e. The lowest BCUT2D eigenvalue weighted by Crippen LogP contribution is -2.41. The zero-order valence-corrected chi connectivity index (χ0v) is 15.3. The van der Waals surface area contributed by atoms with Crippen LogP contribution in [0, 0.1) is 0 Å². The van der Waals surface area contributed by atoms with Crippen LogP contribution in [0.15, 0.2) is 36.4 Å². The molecule has 1 aromatic carbocycles. The molecule has 0 spiro atoms. The second-order valence-electron chi connectivity index (χ2n) is 6.14. The van der Waals surface area contributed by atoms with E-state index in [2.05, 4.69) is 25.9 Å². The Bertz CT molecular complexity index is 1030. The lowest BCUT2D eigenvalue weighted by Gasteiger charge is -2.26. The number of anilines is 1. The highest BCUT2D eigenvalue weighted by atomic mass is 32.2. The Balaban J connectivity index is 1.48. The molecule has 0 amide bonds. The largest absolute Gasteiger partial charge is 0.379 e. The van der Waals surface area contributed by atoms with Gasteiger partial charge in [0.15, 0.2) is 5.65 Å². The Hall–Kier alpha value is -2.63. The maximum absolute atomic E-state index is 12.7. The van der Waals surface area contributed by atoms with Gasteiger partial charge < -0.3 is 10.1 Å². The zero-order chi connectivity index (χ0) is 18.7. The quantitative estimate of drug-likeness (QED) is 0.640. The van der Waals surface area contributed by atoms with Gasteiger partial charge in [0.25, 0.3) is 0 Å². The number of benzene rings is 1. The fraction of sp³-hybridized carbons (Fsp3) is 0.375. The van der Waals surface area contributed by atoms with Crippen LogP contribution in [-0.4, -0.2) is 64.3 Å². The van der Waals surface area contributed by atoms with E-state index < -0.39 is 10.0 Å². The van der Waals surface area contributed by atoms with Crippen LogP contribution in [0.3, 0.4) is 0 Å². The molecular formula is C16H19N7O3S. The number of aromatic nitrogens is 5. The number of hydrogen-bond acceptors (Lipinski definition) is 8. The van der Waals surface area contributed by atoms with Crippen molar-refractivity contribution in [2.24, 2.45) is 0 Å². The molecule has 142 valence electrons. The fourth-order valence-electron chi connectivity index (χ4n) is 2.91. The molecule has 11 heteroatoms. The summed E-state index contributed by atoms with van der Waals surface area (Å²) in [5, 5.41) is 18.6. The van der Waals surface area contributed by atoms with Crippen molar-refractivity contribution in [3.8, 4) is 0 Å². The van der Waals surface area contributed by atoms with Crippen molar-refractivity contribution in [3.63, 3.8) is 0 Å². The third-order valence-corrected chi connectivity index (χ3v) is 6.18. The number of rotatable bonds is 6. The van der Waals surface area contributed by atoms with Gasteiger partial charge in [-0.1, -0.05) is 24.3 Å². The fourth-order valence-corrected chi connectivity index (χ4v) is 4.48. The summed E-state index contributed by atoms with van der Waals surface area (Å²) >= 11 is 0. The number of fused-ring (bicyclic) bond motifs is 1. The third kappa shape index (κ3) is 4.04. The van der Waals surface area contributed by atoms with Crippen LogP contribution in [-0.2, 0) is 27.1 Å². The summed E-state index contributed by atoms with van der Waals surface area (Å²) in [6, 6.07) is 11.0. The molecule has 2 aromatic heterocycles. The molecule has 4 rings (SSSR count). The number of ether oxygens (including phenoxy) is 1. The number of nitrogens with zero attached hydrogens (tertiary/aromatic N) is 6. The van der Waals surface area contributed by atoms with E-state index in [4.69, 9.17) is 4.74 Å². The third-order valence-electron chi connectivity index (χ3n) is 4.35. The van der Waals surface area contributed by atoms with E-state index in [9.17, 15) is 8.42 Å². The van der Waals surface area contributed by atoms with E-state index in [1.54, 1.807) is 12.1 Å². The molecule has 1 fully saturated rings. The second kappa shape index (κ2) is 7.55. The van der Waals surface area contributed by atoms with Crippen molar-refractivity contribution in [3.05, 3.63) is 47.5 Å². The molecule has 0 atom stereocenters. The minimum atomic E-state index is -3.38. The van der Waals surface area contributed by atoms with E-state index in [1.807, 2.05) is 24.3 Å². The van der Waals surface area contributed by atoms with Crippen molar-refractivity contribution >= 4 is 21.5 Å². The first kappa shape index (κ1) is 17.8. The van der Waals surface area contributed by atoms with Gasteiger partial charge in [-0.15, -0.1) is 14.8 Å². The van der Waals surface area contributed by atoms with Gasteiger partial charge in [-0.25, -0.2) is 8.42 Å². The summed E-state index contributed by atoms with van der Waals surface area (Å²) in [5.41, 5.74) is 2.21. The molecule has 27 heavy (non-hydrogen) atoms. The van der Waals surface area contributed by atoms with E-state index in [-0.39, 0.29) is 5.75 Å². The first-order valence-electron chi connectivity index (χ1n) is 8.53. The molecule has 1 saturated heterocycles. The Morgan fingerprint density at radius 2 is 1.85 bits per heavy atom. The molecule has 0 saturated carbocycles. The van der Waals surface area contributed by atoms with Crippen molar-refractivity contribution in [2.45, 2.75) is 12.3 Å². The highest BCUT2D eigenvalue weighted by Crippen LogP contribution is 2.17. The van der Waals surface area contributed by atoms with Gasteiger partial charge in [0.1, 0.15) is 5.82 Å². The van der Waals surface area contributed by atoms with Gasteiger partial charge in [0.2, 0.25) is 10.0 Å². The summed E-state index contributed by atoms with van der Waals surface area (Å²) in [4.78, 5) is 0. The Labute approximate surface area is 156 Å². The highest BCUT2D eigenvalue weighted by Gasteiger charge is 2.25. The maximum Gasteiger partial charge on any atom is 0.218 e. The molecule has 3 aromatic rings. The van der Waals surface area contributed by atoms with E-state index in [0.717, 1.165) is 11.1 Å². The average molecular weight is 389 g/mol. The number of sulfonamides is 1. The Kier molecular flexibility index (Phi) is 4.97. The van der Waals surface area contributed by atoms with Crippen LogP contribution in [0.2, 0.25) is 0 Å². The number of morpholine rings is 1. The van der Waals surface area contributed by atoms with E-state index in [0.29, 0.717) is 44.3 Å². The van der Waals surface area contributed by atoms with Crippen LogP contribution in [0.1, 0.15) is 11.1 Å². The SMILES string of the molecule is O=S(=O)(Cc1ccccc1CNc1ccc2nnnn2n1)N1CCOCC1. The molecule has 0 aliphatic carbocycles. The van der Waals surface area contributed by atoms with Crippen LogP contribution in [0.4, 0.5) is 5.82 Å². The van der Waals surface area contributed by atoms with Gasteiger partial charge in [-0.3, -0.25) is 0 Å². The lowest BCUT2D eigenvalue weighted by atomic mass is 10.1. The van der Waals surface area contributed by atoms with Crippen LogP contribution in [0.25, 0.3) is 5.65 Å². The lowest BCUT2D eigenvalue weighted by molar-refractivity contribution is 0.0729. The van der Waals surface area contributed by atoms with Gasteiger partial charge in [0, 0.05) is 19.6 Å². The number of nitrogens with one attached hydrogen (secondary N) is 1. The van der Waals surface area contributed by atoms with E-state index in [1.165, 1.54) is 8.94 Å². The molecule has 3 heterocycles. The van der Waals surface area contributed by atoms with Crippen molar-refractivity contribution in [1.82, 2.24) is 29.6 Å². The predicted octanol–water partition coefficient (Wildman–Crippen LogP) is 0.293. The minimum absolute atomic E-state index is 0.0374. The monoisotopic (exact) mass is 389 g/mol. The summed E-state index contributed by atoms with van der Waals surface area (Å²) < 4.78 is 33.5. The number of hydrogen-bond donors (Lipinski definition) is 1. The molecule has 0 unspecified atom stereocenters. The van der Waals surface area contributed by atoms with Crippen LogP contribution >= 0.6 is 0 Å². The standard InChI is InChI=1S/C16H19N7O3S/c24-27(25,22-7-9-26-10-8-22)12-14-4-2-1-3-13(14)11-17-15-5-6-16-18-20-21-23(16)19-15/h1-6H,7-12H2,(H,17,19). The van der Waals surface area contributed by atoms with E-state index >= 15 is 0 Å². The van der Waals surface area contributed by atoms with Crippen LogP contribution < -0.4 is 5.32 Å². The molecular weight excluding hydrogens is 370 g/mol. The molecule has 1 aliphatic heterocycles. The first-order valence-corrected chi connectivity index (χ1v) is 10.1. The zero-order valence-electron chi connectivity index (χ0n) is 14.5. The molecule has 1 aliphatic rings. The van der Waals surface area contributed by atoms with Gasteiger partial charge >= 0.3 is 0 Å². The highest BCUT2D eigenvalue weighted by molar-refractivity contribution is 7.88. The van der Waals surface area contributed by atoms with Gasteiger partial charge in [-0.05, 0) is 33.7 Å². The predicted molar refractivity (Wildman–Crippen MR) is 97.4 cm³/mol. The summed E-state index contributed by atoms with van der Waals surface area (Å²) in [6.45, 7) is 2.12. The topological polar surface area (TPSA) is 115 Å². The van der Waals surface area contributed by atoms with Gasteiger partial charge in [-0.2, -0.15) is 4.31 Å². The molecule has 10 nitrogen and oxygen atoms in total. The van der Waals surface area contributed by atoms with Crippen molar-refractivity contribution in [2.75, 3.05) is 31.6 Å². The first-order chi connectivity index (χ1) is 13.1. The maximum atomic E-state index is 12.7. The molecule has 0 radical (unpaired) electrons. The molecule has 0 bridgehead atoms. The smallest absolute Gasteiger partial charge is 0.218 e. The van der Waals surface area contributed by atoms with Crippen LogP contribution in [0.5, 0.6) is 0 Å². The Morgan fingerprint density at radius 1 is 1.07 bits per heavy atom. The van der Waals surface area contributed by atoms with Crippen molar-refractivity contribution < 1.29 is 13.2 Å². The summed E-state index contributed by atoms with van der Waals surface area (Å²) in [6.07, 6.45) is 0. The average Bonchev–Trinajstić information content (AvgIpc) is 3.16. The van der Waals surface area contributed by atoms with Crippen molar-refractivity contribution in [1.29, 1.82) is 0 Å². The second-order valence-corrected chi connectivity index (χ2v) is 8.10.